The summed E-state index contributed by atoms with van der Waals surface area (Å²) >= 11 is 0. The largest absolute Gasteiger partial charge is 0.481 e. The van der Waals surface area contributed by atoms with Gasteiger partial charge in [0.1, 0.15) is 0 Å². The van der Waals surface area contributed by atoms with Crippen LogP contribution in [0.1, 0.15) is 39.0 Å². The molecule has 4 nitrogen and oxygen atoms in total. The summed E-state index contributed by atoms with van der Waals surface area (Å²) in [5, 5.41) is 11.1. The highest BCUT2D eigenvalue weighted by atomic mass is 16.4. The van der Waals surface area contributed by atoms with Crippen molar-refractivity contribution in [3.63, 3.8) is 0 Å². The van der Waals surface area contributed by atoms with Gasteiger partial charge in [0.15, 0.2) is 0 Å². The third kappa shape index (κ3) is 10.4. The maximum absolute atomic E-state index is 11.1. The Morgan fingerprint density at radius 3 is 2.53 bits per heavy atom. The molecular weight excluding hydrogens is 194 g/mol. The number of carbonyl (C=O) groups is 2. The average Bonchev–Trinajstić information content (AvgIpc) is 2.19. The zero-order valence-electron chi connectivity index (χ0n) is 9.01. The Morgan fingerprint density at radius 1 is 1.27 bits per heavy atom. The zero-order valence-corrected chi connectivity index (χ0v) is 9.01. The monoisotopic (exact) mass is 211 g/mol. The van der Waals surface area contributed by atoms with Crippen LogP contribution in [0.2, 0.25) is 0 Å². The number of carboxylic acids is 1. The number of amides is 1. The van der Waals surface area contributed by atoms with Gasteiger partial charge in [0.05, 0.1) is 0 Å². The highest BCUT2D eigenvalue weighted by Crippen LogP contribution is 1.99. The maximum Gasteiger partial charge on any atom is 0.303 e. The van der Waals surface area contributed by atoms with E-state index in [-0.39, 0.29) is 12.3 Å². The quantitative estimate of drug-likeness (QED) is 0.490. The molecule has 0 aromatic rings. The summed E-state index contributed by atoms with van der Waals surface area (Å²) in [6, 6.07) is 0. The Morgan fingerprint density at radius 2 is 1.93 bits per heavy atom. The third-order valence-electron chi connectivity index (χ3n) is 1.79. The molecular formula is C11H17NO3. The standard InChI is InChI=1S/C11H17NO3/c1-2-3-6-9-12-10(13)7-4-5-8-11(14)15/h4-9H2,1H3,(H,12,13)(H,14,15). The van der Waals surface area contributed by atoms with Gasteiger partial charge in [0, 0.05) is 25.8 Å². The molecule has 4 heteroatoms. The Hall–Kier alpha value is -1.50. The van der Waals surface area contributed by atoms with Crippen molar-refractivity contribution in [3.8, 4) is 11.8 Å². The van der Waals surface area contributed by atoms with Crippen molar-refractivity contribution in [1.29, 1.82) is 0 Å². The number of carbonyl (C=O) groups excluding carboxylic acids is 1. The normalized spacial score (nSPS) is 8.87. The lowest BCUT2D eigenvalue weighted by Gasteiger charge is -2.01. The average molecular weight is 211 g/mol. The predicted octanol–water partition coefficient (Wildman–Crippen LogP) is 1.16. The van der Waals surface area contributed by atoms with E-state index in [4.69, 9.17) is 5.11 Å². The summed E-state index contributed by atoms with van der Waals surface area (Å²) < 4.78 is 0. The second-order valence-corrected chi connectivity index (χ2v) is 3.13. The first-order valence-corrected chi connectivity index (χ1v) is 5.05. The predicted molar refractivity (Wildman–Crippen MR) is 57.2 cm³/mol. The van der Waals surface area contributed by atoms with Crippen LogP contribution in [0, 0.1) is 11.8 Å². The van der Waals surface area contributed by atoms with Gasteiger partial charge in [-0.25, -0.2) is 0 Å². The van der Waals surface area contributed by atoms with Crippen molar-refractivity contribution < 1.29 is 14.7 Å². The molecule has 0 aromatic heterocycles. The van der Waals surface area contributed by atoms with Gasteiger partial charge >= 0.3 is 5.97 Å². The number of carboxylic acid groups (broad SMARTS) is 1. The highest BCUT2D eigenvalue weighted by molar-refractivity contribution is 5.75. The van der Waals surface area contributed by atoms with Gasteiger partial charge in [-0.3, -0.25) is 9.59 Å². The van der Waals surface area contributed by atoms with Gasteiger partial charge in [-0.2, -0.15) is 0 Å². The summed E-state index contributed by atoms with van der Waals surface area (Å²) in [4.78, 5) is 21.3. The molecule has 0 heterocycles. The fourth-order valence-corrected chi connectivity index (χ4v) is 1.04. The lowest BCUT2D eigenvalue weighted by atomic mass is 10.2. The van der Waals surface area contributed by atoms with Crippen molar-refractivity contribution in [2.75, 3.05) is 6.54 Å². The van der Waals surface area contributed by atoms with Gasteiger partial charge in [-0.05, 0) is 19.8 Å². The van der Waals surface area contributed by atoms with E-state index in [0.29, 0.717) is 32.2 Å². The van der Waals surface area contributed by atoms with E-state index in [2.05, 4.69) is 17.2 Å². The molecule has 0 atom stereocenters. The topological polar surface area (TPSA) is 66.4 Å². The first-order valence-electron chi connectivity index (χ1n) is 5.05. The molecule has 1 amide bonds. The molecule has 0 rings (SSSR count). The third-order valence-corrected chi connectivity index (χ3v) is 1.79. The van der Waals surface area contributed by atoms with Gasteiger partial charge in [0.2, 0.25) is 5.91 Å². The Kier molecular flexibility index (Phi) is 8.16. The van der Waals surface area contributed by atoms with Crippen LogP contribution in [0.4, 0.5) is 0 Å². The number of rotatable bonds is 7. The van der Waals surface area contributed by atoms with E-state index in [1.165, 1.54) is 0 Å². The molecule has 0 unspecified atom stereocenters. The number of hydrogen-bond donors (Lipinski definition) is 2. The lowest BCUT2D eigenvalue weighted by molar-refractivity contribution is -0.137. The van der Waals surface area contributed by atoms with Gasteiger partial charge in [-0.1, -0.05) is 0 Å². The number of hydrogen-bond acceptors (Lipinski definition) is 2. The number of nitrogens with one attached hydrogen (secondary N) is 1. The molecule has 0 spiro atoms. The molecule has 0 radical (unpaired) electrons. The van der Waals surface area contributed by atoms with Crippen LogP contribution in [0.15, 0.2) is 0 Å². The molecule has 0 bridgehead atoms. The smallest absolute Gasteiger partial charge is 0.303 e. The zero-order chi connectivity index (χ0) is 11.5. The number of aliphatic carboxylic acids is 1. The Balaban J connectivity index is 3.32. The van der Waals surface area contributed by atoms with Crippen LogP contribution in [-0.2, 0) is 9.59 Å². The molecule has 0 saturated carbocycles. The molecule has 0 aromatic carbocycles. The molecule has 0 aliphatic rings. The van der Waals surface area contributed by atoms with Gasteiger partial charge in [-0.15, -0.1) is 11.8 Å². The van der Waals surface area contributed by atoms with E-state index in [1.54, 1.807) is 6.92 Å². The van der Waals surface area contributed by atoms with Crippen molar-refractivity contribution >= 4 is 11.9 Å². The molecule has 0 fully saturated rings. The highest BCUT2D eigenvalue weighted by Gasteiger charge is 2.01. The minimum Gasteiger partial charge on any atom is -0.481 e. The molecule has 2 N–H and O–H groups in total. The van der Waals surface area contributed by atoms with Crippen LogP contribution >= 0.6 is 0 Å². The molecule has 84 valence electrons. The summed E-state index contributed by atoms with van der Waals surface area (Å²) in [7, 11) is 0. The number of unbranched alkanes of at least 4 members (excludes halogenated alkanes) is 1. The Labute approximate surface area is 90.1 Å². The van der Waals surface area contributed by atoms with E-state index in [0.717, 1.165) is 0 Å². The van der Waals surface area contributed by atoms with Crippen molar-refractivity contribution in [2.24, 2.45) is 0 Å². The van der Waals surface area contributed by atoms with Crippen LogP contribution in [0.25, 0.3) is 0 Å². The Bertz CT molecular complexity index is 263. The fraction of sp³-hybridized carbons (Fsp3) is 0.636. The van der Waals surface area contributed by atoms with Crippen LogP contribution < -0.4 is 5.32 Å². The maximum atomic E-state index is 11.1. The van der Waals surface area contributed by atoms with E-state index in [1.807, 2.05) is 0 Å². The van der Waals surface area contributed by atoms with Gasteiger partial charge < -0.3 is 10.4 Å². The van der Waals surface area contributed by atoms with E-state index in [9.17, 15) is 9.59 Å². The minimum absolute atomic E-state index is 0.0294. The molecule has 15 heavy (non-hydrogen) atoms. The van der Waals surface area contributed by atoms with Crippen LogP contribution in [0.5, 0.6) is 0 Å². The first-order chi connectivity index (χ1) is 7.16. The minimum atomic E-state index is -0.811. The van der Waals surface area contributed by atoms with Crippen LogP contribution in [0.3, 0.4) is 0 Å². The molecule has 0 aliphatic carbocycles. The van der Waals surface area contributed by atoms with Gasteiger partial charge in [0.25, 0.3) is 0 Å². The van der Waals surface area contributed by atoms with Crippen molar-refractivity contribution in [1.82, 2.24) is 5.32 Å². The molecule has 0 saturated heterocycles. The van der Waals surface area contributed by atoms with Crippen molar-refractivity contribution in [3.05, 3.63) is 0 Å². The van der Waals surface area contributed by atoms with E-state index >= 15 is 0 Å². The summed E-state index contributed by atoms with van der Waals surface area (Å²) in [5.74, 6) is 4.74. The van der Waals surface area contributed by atoms with E-state index < -0.39 is 5.97 Å². The summed E-state index contributed by atoms with van der Waals surface area (Å²) in [6.45, 7) is 2.33. The SMILES string of the molecule is CC#CCCNC(=O)CCCCC(=O)O. The first kappa shape index (κ1) is 13.5. The molecule has 0 aliphatic heterocycles. The van der Waals surface area contributed by atoms with Crippen LogP contribution in [-0.4, -0.2) is 23.5 Å². The fourth-order valence-electron chi connectivity index (χ4n) is 1.04. The summed E-state index contributed by atoms with van der Waals surface area (Å²) in [6.07, 6.45) is 2.37. The second-order valence-electron chi connectivity index (χ2n) is 3.13. The second kappa shape index (κ2) is 9.07. The summed E-state index contributed by atoms with van der Waals surface area (Å²) in [5.41, 5.74) is 0. The lowest BCUT2D eigenvalue weighted by Crippen LogP contribution is -2.23. The van der Waals surface area contributed by atoms with Crippen molar-refractivity contribution in [2.45, 2.75) is 39.0 Å².